The third kappa shape index (κ3) is 4.99. The number of phenols is 2. The van der Waals surface area contributed by atoms with E-state index in [-0.39, 0.29) is 22.8 Å². The number of rotatable bonds is 6. The highest BCUT2D eigenvalue weighted by molar-refractivity contribution is 9.10. The van der Waals surface area contributed by atoms with Gasteiger partial charge in [-0.3, -0.25) is 9.52 Å². The predicted molar refractivity (Wildman–Crippen MR) is 113 cm³/mol. The molecule has 0 saturated carbocycles. The van der Waals surface area contributed by atoms with E-state index in [1.807, 2.05) is 0 Å². The Balaban J connectivity index is 1.89. The van der Waals surface area contributed by atoms with Crippen LogP contribution in [-0.2, 0) is 16.6 Å². The zero-order valence-corrected chi connectivity index (χ0v) is 18.2. The van der Waals surface area contributed by atoms with Gasteiger partial charge in [-0.15, -0.1) is 0 Å². The molecule has 3 rings (SSSR count). The van der Waals surface area contributed by atoms with E-state index < -0.39 is 32.3 Å². The lowest BCUT2D eigenvalue weighted by atomic mass is 10.1. The number of hydrogen-bond donors (Lipinski definition) is 4. The van der Waals surface area contributed by atoms with E-state index in [4.69, 9.17) is 11.6 Å². The Bertz CT molecular complexity index is 1210. The second-order valence-electron chi connectivity index (χ2n) is 5.91. The maximum absolute atomic E-state index is 12.7. The summed E-state index contributed by atoms with van der Waals surface area (Å²) >= 11 is 9.14. The molecule has 0 aliphatic carbocycles. The monoisotopic (exact) mass is 512 g/mol. The number of sulfonamides is 1. The van der Waals surface area contributed by atoms with Crippen LogP contribution in [0.5, 0.6) is 11.5 Å². The summed E-state index contributed by atoms with van der Waals surface area (Å²) in [4.78, 5) is 20.0. The van der Waals surface area contributed by atoms with E-state index >= 15 is 0 Å². The van der Waals surface area contributed by atoms with Crippen LogP contribution in [0.1, 0.15) is 16.2 Å². The molecule has 0 radical (unpaired) electrons. The SMILES string of the molecule is O=C(NCc1ncccn1)c1cc(Cl)cc(NS(=O)(=O)c2cc(Br)ccc2O)c1O. The first-order valence-corrected chi connectivity index (χ1v) is 10.9. The van der Waals surface area contributed by atoms with Gasteiger partial charge in [-0.1, -0.05) is 27.5 Å². The molecule has 0 fully saturated rings. The lowest BCUT2D eigenvalue weighted by molar-refractivity contribution is 0.0947. The zero-order chi connectivity index (χ0) is 21.9. The fraction of sp³-hybridized carbons (Fsp3) is 0.0556. The van der Waals surface area contributed by atoms with E-state index in [0.717, 1.165) is 6.07 Å². The summed E-state index contributed by atoms with van der Waals surface area (Å²) in [5.41, 5.74) is -0.586. The average Bonchev–Trinajstić information content (AvgIpc) is 2.71. The second kappa shape index (κ2) is 8.86. The molecule has 0 spiro atoms. The second-order valence-corrected chi connectivity index (χ2v) is 8.92. The van der Waals surface area contributed by atoms with Gasteiger partial charge in [0.2, 0.25) is 0 Å². The van der Waals surface area contributed by atoms with Gasteiger partial charge in [0, 0.05) is 21.9 Å². The molecule has 0 saturated heterocycles. The van der Waals surface area contributed by atoms with Crippen molar-refractivity contribution < 1.29 is 23.4 Å². The molecule has 0 bridgehead atoms. The largest absolute Gasteiger partial charge is 0.507 e. The Morgan fingerprint density at radius 1 is 1.13 bits per heavy atom. The number of aromatic hydroxyl groups is 2. The molecule has 0 aliphatic heterocycles. The van der Waals surface area contributed by atoms with Gasteiger partial charge < -0.3 is 15.5 Å². The first-order valence-electron chi connectivity index (χ1n) is 8.25. The van der Waals surface area contributed by atoms with Gasteiger partial charge in [0.25, 0.3) is 15.9 Å². The minimum absolute atomic E-state index is 0.00470. The number of benzene rings is 2. The Kier molecular flexibility index (Phi) is 6.44. The van der Waals surface area contributed by atoms with Crippen LogP contribution in [0.25, 0.3) is 0 Å². The molecule has 9 nitrogen and oxygen atoms in total. The minimum atomic E-state index is -4.30. The average molecular weight is 514 g/mol. The Morgan fingerprint density at radius 3 is 2.53 bits per heavy atom. The molecule has 1 amide bonds. The van der Waals surface area contributed by atoms with Gasteiger partial charge in [-0.2, -0.15) is 0 Å². The Hall–Kier alpha value is -2.89. The molecule has 12 heteroatoms. The van der Waals surface area contributed by atoms with Crippen molar-refractivity contribution in [3.05, 3.63) is 69.7 Å². The molecule has 1 heterocycles. The summed E-state index contributed by atoms with van der Waals surface area (Å²) in [5.74, 6) is -1.50. The molecule has 30 heavy (non-hydrogen) atoms. The smallest absolute Gasteiger partial charge is 0.265 e. The number of anilines is 1. The third-order valence-corrected chi connectivity index (χ3v) is 5.91. The number of carbonyl (C=O) groups is 1. The molecule has 0 aliphatic rings. The fourth-order valence-corrected chi connectivity index (χ4v) is 4.34. The third-order valence-electron chi connectivity index (χ3n) is 3.80. The highest BCUT2D eigenvalue weighted by Crippen LogP contribution is 2.35. The molecular formula is C18H14BrClN4O5S. The number of hydrogen-bond acceptors (Lipinski definition) is 7. The number of nitrogens with zero attached hydrogens (tertiary/aromatic N) is 2. The van der Waals surface area contributed by atoms with Crippen LogP contribution in [0, 0.1) is 0 Å². The quantitative estimate of drug-likeness (QED) is 0.371. The van der Waals surface area contributed by atoms with Crippen LogP contribution >= 0.6 is 27.5 Å². The maximum atomic E-state index is 12.7. The van der Waals surface area contributed by atoms with E-state index in [9.17, 15) is 23.4 Å². The predicted octanol–water partition coefficient (Wildman–Crippen LogP) is 3.03. The zero-order valence-electron chi connectivity index (χ0n) is 15.0. The number of nitrogens with one attached hydrogen (secondary N) is 2. The van der Waals surface area contributed by atoms with Crippen LogP contribution in [0.4, 0.5) is 5.69 Å². The number of carbonyl (C=O) groups excluding carboxylic acids is 1. The molecule has 4 N–H and O–H groups in total. The Morgan fingerprint density at radius 2 is 1.83 bits per heavy atom. The summed E-state index contributed by atoms with van der Waals surface area (Å²) in [6.07, 6.45) is 3.02. The van der Waals surface area contributed by atoms with Crippen LogP contribution in [0.3, 0.4) is 0 Å². The van der Waals surface area contributed by atoms with Gasteiger partial charge in [0.05, 0.1) is 17.8 Å². The fourth-order valence-electron chi connectivity index (χ4n) is 2.43. The highest BCUT2D eigenvalue weighted by Gasteiger charge is 2.23. The molecule has 0 atom stereocenters. The van der Waals surface area contributed by atoms with Crippen molar-refractivity contribution in [1.82, 2.24) is 15.3 Å². The summed E-state index contributed by atoms with van der Waals surface area (Å²) < 4.78 is 27.9. The van der Waals surface area contributed by atoms with Crippen molar-refractivity contribution in [3.8, 4) is 11.5 Å². The van der Waals surface area contributed by atoms with Crippen LogP contribution in [0.15, 0.2) is 58.2 Å². The lowest BCUT2D eigenvalue weighted by Gasteiger charge is -2.14. The summed E-state index contributed by atoms with van der Waals surface area (Å²) in [6.45, 7) is -0.0153. The van der Waals surface area contributed by atoms with Crippen molar-refractivity contribution in [2.75, 3.05) is 4.72 Å². The van der Waals surface area contributed by atoms with E-state index in [1.165, 1.54) is 36.7 Å². The van der Waals surface area contributed by atoms with E-state index in [0.29, 0.717) is 10.3 Å². The number of aromatic nitrogens is 2. The van der Waals surface area contributed by atoms with E-state index in [1.54, 1.807) is 6.07 Å². The van der Waals surface area contributed by atoms with Gasteiger partial charge in [-0.05, 0) is 36.4 Å². The first-order chi connectivity index (χ1) is 14.2. The van der Waals surface area contributed by atoms with Crippen molar-refractivity contribution in [2.45, 2.75) is 11.4 Å². The number of phenolic OH excluding ortho intramolecular Hbond substituents is 2. The first kappa shape index (κ1) is 21.8. The normalized spacial score (nSPS) is 11.1. The van der Waals surface area contributed by atoms with Crippen molar-refractivity contribution in [1.29, 1.82) is 0 Å². The minimum Gasteiger partial charge on any atom is -0.507 e. The van der Waals surface area contributed by atoms with Crippen molar-refractivity contribution in [3.63, 3.8) is 0 Å². The maximum Gasteiger partial charge on any atom is 0.265 e. The van der Waals surface area contributed by atoms with Crippen LogP contribution < -0.4 is 10.0 Å². The standard InChI is InChI=1S/C18H14BrClN4O5S/c19-10-2-3-14(25)15(6-10)30(28,29)24-13-8-11(20)7-12(17(13)26)18(27)23-9-16-21-4-1-5-22-16/h1-8,24-26H,9H2,(H,23,27). The van der Waals surface area contributed by atoms with Crippen molar-refractivity contribution >= 4 is 49.1 Å². The molecule has 156 valence electrons. The Labute approximate surface area is 184 Å². The van der Waals surface area contributed by atoms with Gasteiger partial charge in [0.15, 0.2) is 5.75 Å². The highest BCUT2D eigenvalue weighted by atomic mass is 79.9. The molecule has 1 aromatic heterocycles. The van der Waals surface area contributed by atoms with E-state index in [2.05, 4.69) is 35.9 Å². The topological polar surface area (TPSA) is 142 Å². The van der Waals surface area contributed by atoms with Crippen LogP contribution in [0.2, 0.25) is 5.02 Å². The summed E-state index contributed by atoms with van der Waals surface area (Å²) in [6, 6.07) is 7.79. The molecule has 3 aromatic rings. The molecular weight excluding hydrogens is 500 g/mol. The van der Waals surface area contributed by atoms with Gasteiger partial charge in [-0.25, -0.2) is 18.4 Å². The molecule has 0 unspecified atom stereocenters. The summed E-state index contributed by atoms with van der Waals surface area (Å²) in [5, 5.41) is 22.9. The van der Waals surface area contributed by atoms with Gasteiger partial charge in [0.1, 0.15) is 16.5 Å². The van der Waals surface area contributed by atoms with Crippen molar-refractivity contribution in [2.24, 2.45) is 0 Å². The van der Waals surface area contributed by atoms with Gasteiger partial charge >= 0.3 is 0 Å². The lowest BCUT2D eigenvalue weighted by Crippen LogP contribution is -2.24. The molecule has 2 aromatic carbocycles. The van der Waals surface area contributed by atoms with Crippen LogP contribution in [-0.4, -0.2) is 34.5 Å². The number of halogens is 2. The number of amides is 1. The summed E-state index contributed by atoms with van der Waals surface area (Å²) in [7, 11) is -4.30.